The summed E-state index contributed by atoms with van der Waals surface area (Å²) in [4.78, 5) is 14.3. The maximum atomic E-state index is 12.1. The first-order chi connectivity index (χ1) is 8.29. The molecule has 8 heteroatoms. The summed E-state index contributed by atoms with van der Waals surface area (Å²) < 4.78 is 44.9. The third-order valence-electron chi connectivity index (χ3n) is 1.92. The van der Waals surface area contributed by atoms with Gasteiger partial charge in [0.25, 0.3) is 5.88 Å². The lowest BCUT2D eigenvalue weighted by atomic mass is 10.2. The van der Waals surface area contributed by atoms with E-state index in [0.29, 0.717) is 0 Å². The lowest BCUT2D eigenvalue weighted by molar-refractivity contribution is -0.275. The molecule has 1 heterocycles. The molecule has 0 fully saturated rings. The van der Waals surface area contributed by atoms with Crippen molar-refractivity contribution in [2.24, 2.45) is 11.7 Å². The van der Waals surface area contributed by atoms with Crippen molar-refractivity contribution in [3.63, 3.8) is 0 Å². The molecule has 1 aromatic rings. The van der Waals surface area contributed by atoms with Crippen molar-refractivity contribution in [3.05, 3.63) is 18.3 Å². The van der Waals surface area contributed by atoms with Gasteiger partial charge in [-0.1, -0.05) is 6.92 Å². The molecule has 5 nitrogen and oxygen atoms in total. The normalized spacial score (nSPS) is 12.9. The van der Waals surface area contributed by atoms with E-state index >= 15 is 0 Å². The molecular formula is C10H11F3N2O3. The lowest BCUT2D eigenvalue weighted by Crippen LogP contribution is -2.26. The Morgan fingerprint density at radius 1 is 1.56 bits per heavy atom. The highest BCUT2D eigenvalue weighted by Crippen LogP contribution is 2.29. The maximum Gasteiger partial charge on any atom is 0.573 e. The number of aromatic nitrogens is 1. The zero-order valence-corrected chi connectivity index (χ0v) is 9.40. The summed E-state index contributed by atoms with van der Waals surface area (Å²) in [6, 6.07) is 2.33. The smallest absolute Gasteiger partial charge is 0.474 e. The molecule has 0 aliphatic heterocycles. The fraction of sp³-hybridized carbons (Fsp3) is 0.400. The SMILES string of the molecule is CC(COc1ncccc1OC(F)(F)F)C(N)=O. The molecule has 0 radical (unpaired) electrons. The van der Waals surface area contributed by atoms with Crippen molar-refractivity contribution >= 4 is 5.91 Å². The Hall–Kier alpha value is -1.99. The summed E-state index contributed by atoms with van der Waals surface area (Å²) in [5, 5.41) is 0. The van der Waals surface area contributed by atoms with E-state index in [-0.39, 0.29) is 12.5 Å². The fourth-order valence-electron chi connectivity index (χ4n) is 0.973. The number of carbonyl (C=O) groups excluding carboxylic acids is 1. The van der Waals surface area contributed by atoms with Gasteiger partial charge in [0.05, 0.1) is 5.92 Å². The minimum Gasteiger partial charge on any atom is -0.474 e. The van der Waals surface area contributed by atoms with Gasteiger partial charge in [0.15, 0.2) is 5.75 Å². The van der Waals surface area contributed by atoms with Crippen LogP contribution in [-0.2, 0) is 4.79 Å². The van der Waals surface area contributed by atoms with Crippen LogP contribution in [0, 0.1) is 5.92 Å². The minimum atomic E-state index is -4.84. The summed E-state index contributed by atoms with van der Waals surface area (Å²) in [5.74, 6) is -2.18. The largest absolute Gasteiger partial charge is 0.573 e. The Balaban J connectivity index is 2.73. The second kappa shape index (κ2) is 5.56. The molecular weight excluding hydrogens is 253 g/mol. The third kappa shape index (κ3) is 4.48. The zero-order chi connectivity index (χ0) is 13.8. The molecule has 0 saturated carbocycles. The van der Waals surface area contributed by atoms with Gasteiger partial charge in [0, 0.05) is 6.20 Å². The van der Waals surface area contributed by atoms with Crippen LogP contribution in [0.25, 0.3) is 0 Å². The highest BCUT2D eigenvalue weighted by molar-refractivity contribution is 5.76. The molecule has 2 N–H and O–H groups in total. The Kier molecular flexibility index (Phi) is 4.35. The number of hydrogen-bond donors (Lipinski definition) is 1. The van der Waals surface area contributed by atoms with Crippen molar-refractivity contribution < 1.29 is 27.4 Å². The van der Waals surface area contributed by atoms with E-state index in [1.54, 1.807) is 0 Å². The summed E-state index contributed by atoms with van der Waals surface area (Å²) in [6.45, 7) is 1.30. The summed E-state index contributed by atoms with van der Waals surface area (Å²) >= 11 is 0. The van der Waals surface area contributed by atoms with Crippen LogP contribution in [0.5, 0.6) is 11.6 Å². The standard InChI is InChI=1S/C10H11F3N2O3/c1-6(8(14)16)5-17-9-7(3-2-4-15-9)18-10(11,12)13/h2-4,6H,5H2,1H3,(H2,14,16). The summed E-state index contributed by atoms with van der Waals surface area (Å²) in [7, 11) is 0. The molecule has 1 unspecified atom stereocenters. The predicted octanol–water partition coefficient (Wildman–Crippen LogP) is 1.48. The van der Waals surface area contributed by atoms with E-state index in [1.807, 2.05) is 0 Å². The van der Waals surface area contributed by atoms with Crippen molar-refractivity contribution in [2.75, 3.05) is 6.61 Å². The number of nitrogens with two attached hydrogens (primary N) is 1. The van der Waals surface area contributed by atoms with Gasteiger partial charge in [0.1, 0.15) is 6.61 Å². The molecule has 1 aromatic heterocycles. The van der Waals surface area contributed by atoms with E-state index in [2.05, 4.69) is 9.72 Å². The van der Waals surface area contributed by atoms with Crippen LogP contribution in [0.3, 0.4) is 0 Å². The minimum absolute atomic E-state index is 0.180. The van der Waals surface area contributed by atoms with Crippen LogP contribution in [0.15, 0.2) is 18.3 Å². The van der Waals surface area contributed by atoms with Crippen molar-refractivity contribution in [2.45, 2.75) is 13.3 Å². The van der Waals surface area contributed by atoms with Crippen LogP contribution in [0.4, 0.5) is 13.2 Å². The van der Waals surface area contributed by atoms with Gasteiger partial charge in [-0.2, -0.15) is 0 Å². The predicted molar refractivity (Wildman–Crippen MR) is 54.8 cm³/mol. The molecule has 0 bridgehead atoms. The van der Waals surface area contributed by atoms with Crippen molar-refractivity contribution in [1.29, 1.82) is 0 Å². The second-order valence-corrected chi connectivity index (χ2v) is 3.47. The molecule has 0 saturated heterocycles. The third-order valence-corrected chi connectivity index (χ3v) is 1.92. The van der Waals surface area contributed by atoms with E-state index in [4.69, 9.17) is 10.5 Å². The monoisotopic (exact) mass is 264 g/mol. The van der Waals surface area contributed by atoms with Gasteiger partial charge in [-0.3, -0.25) is 4.79 Å². The molecule has 0 aliphatic carbocycles. The zero-order valence-electron chi connectivity index (χ0n) is 9.40. The summed E-state index contributed by atoms with van der Waals surface area (Å²) in [5.41, 5.74) is 4.99. The van der Waals surface area contributed by atoms with Gasteiger partial charge in [-0.15, -0.1) is 13.2 Å². The van der Waals surface area contributed by atoms with Gasteiger partial charge in [0.2, 0.25) is 5.91 Å². The number of amides is 1. The number of pyridine rings is 1. The fourth-order valence-corrected chi connectivity index (χ4v) is 0.973. The number of ether oxygens (including phenoxy) is 2. The molecule has 0 aliphatic rings. The molecule has 100 valence electrons. The van der Waals surface area contributed by atoms with Crippen LogP contribution in [0.2, 0.25) is 0 Å². The molecule has 0 spiro atoms. The number of hydrogen-bond acceptors (Lipinski definition) is 4. The first-order valence-electron chi connectivity index (χ1n) is 4.92. The maximum absolute atomic E-state index is 12.1. The Morgan fingerprint density at radius 2 is 2.22 bits per heavy atom. The van der Waals surface area contributed by atoms with Gasteiger partial charge >= 0.3 is 6.36 Å². The highest BCUT2D eigenvalue weighted by atomic mass is 19.4. The Morgan fingerprint density at radius 3 is 2.78 bits per heavy atom. The van der Waals surface area contributed by atoms with Crippen molar-refractivity contribution in [3.8, 4) is 11.6 Å². The van der Waals surface area contributed by atoms with E-state index < -0.39 is 23.9 Å². The van der Waals surface area contributed by atoms with E-state index in [0.717, 1.165) is 6.07 Å². The number of alkyl halides is 3. The van der Waals surface area contributed by atoms with E-state index in [1.165, 1.54) is 19.2 Å². The van der Waals surface area contributed by atoms with Crippen LogP contribution >= 0.6 is 0 Å². The molecule has 18 heavy (non-hydrogen) atoms. The second-order valence-electron chi connectivity index (χ2n) is 3.47. The number of halogens is 3. The quantitative estimate of drug-likeness (QED) is 0.874. The van der Waals surface area contributed by atoms with Crippen LogP contribution < -0.4 is 15.2 Å². The number of primary amides is 1. The Labute approximate surface area is 101 Å². The molecule has 1 atom stereocenters. The Bertz CT molecular complexity index is 423. The van der Waals surface area contributed by atoms with E-state index in [9.17, 15) is 18.0 Å². The van der Waals surface area contributed by atoms with Crippen LogP contribution in [-0.4, -0.2) is 23.9 Å². The van der Waals surface area contributed by atoms with Gasteiger partial charge in [-0.05, 0) is 12.1 Å². The highest BCUT2D eigenvalue weighted by Gasteiger charge is 2.32. The first-order valence-corrected chi connectivity index (χ1v) is 4.92. The lowest BCUT2D eigenvalue weighted by Gasteiger charge is -2.14. The number of carbonyl (C=O) groups is 1. The molecule has 1 rings (SSSR count). The average molecular weight is 264 g/mol. The topological polar surface area (TPSA) is 74.4 Å². The van der Waals surface area contributed by atoms with Crippen LogP contribution in [0.1, 0.15) is 6.92 Å². The van der Waals surface area contributed by atoms with Gasteiger partial charge in [-0.25, -0.2) is 4.98 Å². The first kappa shape index (κ1) is 14.1. The summed E-state index contributed by atoms with van der Waals surface area (Å²) in [6.07, 6.45) is -3.59. The van der Waals surface area contributed by atoms with Crippen molar-refractivity contribution in [1.82, 2.24) is 4.98 Å². The molecule has 0 aromatic carbocycles. The average Bonchev–Trinajstić information content (AvgIpc) is 2.25. The number of nitrogens with zero attached hydrogens (tertiary/aromatic N) is 1. The van der Waals surface area contributed by atoms with Gasteiger partial charge < -0.3 is 15.2 Å². The number of rotatable bonds is 5. The molecule has 1 amide bonds.